The molecule has 0 unspecified atom stereocenters. The van der Waals surface area contributed by atoms with Crippen LogP contribution in [0.4, 0.5) is 0 Å². The van der Waals surface area contributed by atoms with Gasteiger partial charge in [0.2, 0.25) is 0 Å². The highest BCUT2D eigenvalue weighted by molar-refractivity contribution is 8.34. The predicted molar refractivity (Wildman–Crippen MR) is 110 cm³/mol. The molecule has 21 heavy (non-hydrogen) atoms. The molecular weight excluding hydrogens is 311 g/mol. The zero-order chi connectivity index (χ0) is 17.5. The molecule has 0 saturated carbocycles. The van der Waals surface area contributed by atoms with Gasteiger partial charge in [-0.25, -0.2) is 14.8 Å². The molecule has 127 valence electrons. The van der Waals surface area contributed by atoms with Crippen LogP contribution in [0, 0.1) is 11.5 Å². The average molecular weight is 352 g/mol. The Morgan fingerprint density at radius 3 is 1.10 bits per heavy atom. The summed E-state index contributed by atoms with van der Waals surface area (Å²) in [6, 6.07) is 0. The summed E-state index contributed by atoms with van der Waals surface area (Å²) in [6.45, 7) is 29.7. The van der Waals surface area contributed by atoms with E-state index in [0.717, 1.165) is 0 Å². The number of hydrogen-bond acceptors (Lipinski definition) is 0. The zero-order valence-electron chi connectivity index (χ0n) is 17.3. The maximum atomic E-state index is 6.85. The van der Waals surface area contributed by atoms with Crippen molar-refractivity contribution in [3.8, 4) is 0 Å². The first-order chi connectivity index (χ1) is 8.90. The molecule has 0 atom stereocenters. The van der Waals surface area contributed by atoms with Crippen molar-refractivity contribution in [3.63, 3.8) is 0 Å². The van der Waals surface area contributed by atoms with Gasteiger partial charge in [-0.3, -0.25) is 0 Å². The van der Waals surface area contributed by atoms with Crippen LogP contribution in [0.25, 0.3) is 0 Å². The zero-order valence-corrected chi connectivity index (χ0v) is 19.8. The third-order valence-electron chi connectivity index (χ3n) is 6.30. The molecule has 0 spiro atoms. The summed E-state index contributed by atoms with van der Waals surface area (Å²) in [4.78, 5) is 0. The second-order valence-electron chi connectivity index (χ2n) is 11.1. The van der Waals surface area contributed by atoms with E-state index in [0.29, 0.717) is 20.6 Å². The van der Waals surface area contributed by atoms with Crippen LogP contribution in [-0.4, -0.2) is 33.8 Å². The van der Waals surface area contributed by atoms with Gasteiger partial charge in [-0.05, 0) is 62.2 Å². The van der Waals surface area contributed by atoms with E-state index in [-0.39, 0.29) is 20.9 Å². The monoisotopic (exact) mass is 351 g/mol. The molecule has 0 bridgehead atoms. The first kappa shape index (κ1) is 22.3. The van der Waals surface area contributed by atoms with Crippen molar-refractivity contribution in [3.05, 3.63) is 0 Å². The van der Waals surface area contributed by atoms with E-state index in [4.69, 9.17) is 11.5 Å². The van der Waals surface area contributed by atoms with Gasteiger partial charge in [0.05, 0.1) is 0 Å². The van der Waals surface area contributed by atoms with Gasteiger partial charge in [0.15, 0.2) is 11.5 Å². The second kappa shape index (κ2) is 6.65. The van der Waals surface area contributed by atoms with Crippen LogP contribution in [0.15, 0.2) is 0 Å². The number of rotatable bonds is 3. The van der Waals surface area contributed by atoms with Crippen LogP contribution < -0.4 is 0 Å². The predicted octanol–water partition coefficient (Wildman–Crippen LogP) is 5.23. The minimum atomic E-state index is -1.05. The minimum absolute atomic E-state index is 0.0255. The summed E-state index contributed by atoms with van der Waals surface area (Å²) in [5.41, 5.74) is 0. The number of halogens is 1. The van der Waals surface area contributed by atoms with Crippen LogP contribution in [0.1, 0.15) is 83.1 Å². The lowest BCUT2D eigenvalue weighted by molar-refractivity contribution is -0.174. The smallest absolute Gasteiger partial charge is 0.242 e. The van der Waals surface area contributed by atoms with Gasteiger partial charge in [-0.15, -0.1) is 0 Å². The molecule has 1 radical (unpaired) electrons. The summed E-state index contributed by atoms with van der Waals surface area (Å²) in [5.74, 6) is 0. The largest absolute Gasteiger partial charge is 0.451 e. The molecule has 0 saturated heterocycles. The average Bonchev–Trinajstić information content (AvgIpc) is 2.09. The lowest BCUT2D eigenvalue weighted by atomic mass is 10.2. The molecule has 0 aromatic rings. The Morgan fingerprint density at radius 2 is 0.952 bits per heavy atom. The van der Waals surface area contributed by atoms with Gasteiger partial charge in [0.1, 0.15) is 6.72 Å². The Balaban J connectivity index is 6.01. The maximum absolute atomic E-state index is 6.85. The van der Waals surface area contributed by atoms with Gasteiger partial charge in [-0.1, -0.05) is 41.5 Å². The van der Waals surface area contributed by atoms with Gasteiger partial charge in [-0.2, -0.15) is 0 Å². The topological polar surface area (TPSA) is 0 Å². The van der Waals surface area contributed by atoms with Gasteiger partial charge in [0.25, 0.3) is 0 Å². The normalized spacial score (nSPS) is 15.7. The molecule has 0 N–H and O–H groups in total. The third kappa shape index (κ3) is 5.13. The fourth-order valence-electron chi connectivity index (χ4n) is 4.20. The third-order valence-corrected chi connectivity index (χ3v) is 24.5. The molecule has 0 aliphatic carbocycles. The molecule has 0 heterocycles. The number of hydrogen-bond donors (Lipinski definition) is 0. The van der Waals surface area contributed by atoms with Crippen LogP contribution in [0.2, 0.25) is 0 Å². The van der Waals surface area contributed by atoms with Crippen molar-refractivity contribution in [1.29, 1.82) is 0 Å². The van der Waals surface area contributed by atoms with Crippen molar-refractivity contribution < 1.29 is 11.5 Å². The van der Waals surface area contributed by atoms with Crippen molar-refractivity contribution in [2.24, 2.45) is 0 Å². The van der Waals surface area contributed by atoms with Crippen LogP contribution in [0.5, 0.6) is 0 Å². The Hall–Kier alpha value is 1.28. The van der Waals surface area contributed by atoms with Crippen molar-refractivity contribution in [1.82, 2.24) is 0 Å². The fourth-order valence-corrected chi connectivity index (χ4v) is 27.0. The summed E-state index contributed by atoms with van der Waals surface area (Å²) in [6.07, 6.45) is -0.351. The lowest BCUT2D eigenvalue weighted by Gasteiger charge is -2.60. The maximum Gasteiger partial charge on any atom is 0.451 e. The van der Waals surface area contributed by atoms with Crippen LogP contribution >= 0.6 is 14.8 Å². The van der Waals surface area contributed by atoms with Gasteiger partial charge >= 0.3 is 6.41 Å². The molecule has 5 heteroatoms. The van der Waals surface area contributed by atoms with Gasteiger partial charge < -0.3 is 0 Å². The highest BCUT2D eigenvalue weighted by Gasteiger charge is 2.52. The highest BCUT2D eigenvalue weighted by Crippen LogP contribution is 2.80. The first-order valence-corrected chi connectivity index (χ1v) is 13.8. The van der Waals surface area contributed by atoms with Crippen molar-refractivity contribution in [2.75, 3.05) is 0 Å². The van der Waals surface area contributed by atoms with E-state index >= 15 is 0 Å². The Morgan fingerprint density at radius 1 is 0.667 bits per heavy atom. The minimum Gasteiger partial charge on any atom is -0.242 e. The Kier molecular flexibility index (Phi) is 7.05. The summed E-state index contributed by atoms with van der Waals surface area (Å²) >= 11 is 6.85. The highest BCUT2D eigenvalue weighted by atomic mass is 35.5. The van der Waals surface area contributed by atoms with E-state index in [9.17, 15) is 0 Å². The molecule has 0 rings (SSSR count). The van der Waals surface area contributed by atoms with Crippen molar-refractivity contribution in [2.45, 2.75) is 104 Å². The first-order valence-electron chi connectivity index (χ1n) is 8.61. The lowest BCUT2D eigenvalue weighted by Crippen LogP contribution is -2.42. The SMILES string of the molecule is CC(C)(C)P([BH2-][P+]([BH2-][Cl+])(C(C)(C)C)C(C)(C)C)C(C)(C)C. The quantitative estimate of drug-likeness (QED) is 0.483. The molecular formula is C16H40B2ClP2. The Bertz CT molecular complexity index is 315. The molecule has 0 amide bonds. The molecule has 0 nitrogen and oxygen atoms in total. The standard InChI is InChI=1S/C16H40B2ClP2/c1-13(2,3)20(14(4,5)6)18-21(17-19,15(7,8)9)16(10,11)12/h17-18H2,1-12H3. The summed E-state index contributed by atoms with van der Waals surface area (Å²) in [5, 5.41) is 1.75. The van der Waals surface area contributed by atoms with Crippen LogP contribution in [-0.2, 0) is 0 Å². The van der Waals surface area contributed by atoms with E-state index in [2.05, 4.69) is 83.1 Å². The van der Waals surface area contributed by atoms with Crippen molar-refractivity contribution >= 4 is 28.0 Å². The molecule has 0 aromatic heterocycles. The second-order valence-corrected chi connectivity index (χ2v) is 23.4. The van der Waals surface area contributed by atoms with E-state index in [1.54, 1.807) is 0 Å². The fraction of sp³-hybridized carbons (Fsp3) is 1.00. The molecule has 0 aliphatic heterocycles. The summed E-state index contributed by atoms with van der Waals surface area (Å²) in [7, 11) is -0.993. The molecule has 0 fully saturated rings. The van der Waals surface area contributed by atoms with Gasteiger partial charge in [0, 0.05) is 0 Å². The molecule has 0 aromatic carbocycles. The van der Waals surface area contributed by atoms with E-state index in [1.807, 2.05) is 0 Å². The van der Waals surface area contributed by atoms with Crippen LogP contribution in [0.3, 0.4) is 0 Å². The Labute approximate surface area is 143 Å². The van der Waals surface area contributed by atoms with E-state index in [1.165, 1.54) is 0 Å². The summed E-state index contributed by atoms with van der Waals surface area (Å²) < 4.78 is 0. The van der Waals surface area contributed by atoms with E-state index < -0.39 is 7.02 Å². The molecule has 0 aliphatic rings.